The Kier molecular flexibility index (Phi) is 11.5. The van der Waals surface area contributed by atoms with Crippen molar-refractivity contribution in [3.63, 3.8) is 0 Å². The molecule has 0 aromatic heterocycles. The summed E-state index contributed by atoms with van der Waals surface area (Å²) in [5.74, 6) is -0.679. The van der Waals surface area contributed by atoms with Crippen molar-refractivity contribution in [1.29, 1.82) is 0 Å². The Balaban J connectivity index is 2.81. The lowest BCUT2D eigenvalue weighted by molar-refractivity contribution is -0.00778. The van der Waals surface area contributed by atoms with Gasteiger partial charge in [-0.3, -0.25) is 0 Å². The molecule has 1 aromatic rings. The number of rotatable bonds is 12. The van der Waals surface area contributed by atoms with Crippen LogP contribution in [0.3, 0.4) is 0 Å². The molecule has 1 rings (SSSR count). The van der Waals surface area contributed by atoms with E-state index in [2.05, 4.69) is 55.4 Å². The molecule has 0 spiro atoms. The van der Waals surface area contributed by atoms with Gasteiger partial charge >= 0.3 is 11.9 Å². The number of esters is 2. The first kappa shape index (κ1) is 28.2. The first-order valence-corrected chi connectivity index (χ1v) is 12.4. The zero-order valence-corrected chi connectivity index (χ0v) is 21.8. The average molecular weight is 447 g/mol. The maximum atomic E-state index is 12.7. The standard InChI is InChI=1S/C28H46O4/c1-9-11-13-15-23(27(3,4)5)31-25(29)21-17-19-22(20-18-21)26(30)32-24(28(6,7)8)16-14-12-10-2/h17-20,23-24H,9-16H2,1-8H3. The molecule has 0 aliphatic rings. The van der Waals surface area contributed by atoms with Gasteiger partial charge < -0.3 is 9.47 Å². The molecule has 32 heavy (non-hydrogen) atoms. The van der Waals surface area contributed by atoms with E-state index in [9.17, 15) is 9.59 Å². The smallest absolute Gasteiger partial charge is 0.338 e. The molecule has 0 saturated carbocycles. The van der Waals surface area contributed by atoms with Gasteiger partial charge in [0.05, 0.1) is 11.1 Å². The number of unbranched alkanes of at least 4 members (excludes halogenated alkanes) is 4. The lowest BCUT2D eigenvalue weighted by atomic mass is 9.85. The maximum Gasteiger partial charge on any atom is 0.338 e. The quantitative estimate of drug-likeness (QED) is 0.241. The second-order valence-corrected chi connectivity index (χ2v) is 11.1. The maximum absolute atomic E-state index is 12.7. The Bertz CT molecular complexity index is 631. The van der Waals surface area contributed by atoms with Crippen molar-refractivity contribution in [2.75, 3.05) is 0 Å². The fraction of sp³-hybridized carbons (Fsp3) is 0.714. The molecule has 1 aromatic carbocycles. The van der Waals surface area contributed by atoms with Gasteiger partial charge in [0.25, 0.3) is 0 Å². The SMILES string of the molecule is CCCCCC(OC(=O)c1ccc(C(=O)OC(CCCCC)C(C)(C)C)cc1)C(C)(C)C. The lowest BCUT2D eigenvalue weighted by Gasteiger charge is -2.30. The van der Waals surface area contributed by atoms with Crippen molar-refractivity contribution < 1.29 is 19.1 Å². The molecule has 0 fully saturated rings. The summed E-state index contributed by atoms with van der Waals surface area (Å²) in [5, 5.41) is 0. The van der Waals surface area contributed by atoms with Crippen LogP contribution in [0.4, 0.5) is 0 Å². The Morgan fingerprint density at radius 3 is 1.22 bits per heavy atom. The van der Waals surface area contributed by atoms with E-state index in [1.165, 1.54) is 0 Å². The summed E-state index contributed by atoms with van der Waals surface area (Å²) in [4.78, 5) is 25.5. The summed E-state index contributed by atoms with van der Waals surface area (Å²) in [5.41, 5.74) is 0.683. The molecule has 0 saturated heterocycles. The third-order valence-electron chi connectivity index (χ3n) is 5.93. The van der Waals surface area contributed by atoms with E-state index < -0.39 is 0 Å². The van der Waals surface area contributed by atoms with Crippen molar-refractivity contribution in [3.05, 3.63) is 35.4 Å². The van der Waals surface area contributed by atoms with Crippen molar-refractivity contribution in [2.45, 2.75) is 119 Å². The van der Waals surface area contributed by atoms with Gasteiger partial charge in [-0.2, -0.15) is 0 Å². The molecule has 0 N–H and O–H groups in total. The van der Waals surface area contributed by atoms with Gasteiger partial charge in [0.15, 0.2) is 0 Å². The van der Waals surface area contributed by atoms with E-state index >= 15 is 0 Å². The van der Waals surface area contributed by atoms with Crippen molar-refractivity contribution >= 4 is 11.9 Å². The van der Waals surface area contributed by atoms with Crippen LogP contribution in [-0.4, -0.2) is 24.1 Å². The Hall–Kier alpha value is -1.84. The summed E-state index contributed by atoms with van der Waals surface area (Å²) in [7, 11) is 0. The number of ether oxygens (including phenoxy) is 2. The molecule has 2 atom stereocenters. The predicted octanol–water partition coefficient (Wildman–Crippen LogP) is 7.99. The van der Waals surface area contributed by atoms with Crippen molar-refractivity contribution in [3.8, 4) is 0 Å². The van der Waals surface area contributed by atoms with Crippen LogP contribution >= 0.6 is 0 Å². The van der Waals surface area contributed by atoms with Gasteiger partial charge in [-0.25, -0.2) is 9.59 Å². The van der Waals surface area contributed by atoms with E-state index in [1.807, 2.05) is 0 Å². The van der Waals surface area contributed by atoms with Crippen LogP contribution in [0.15, 0.2) is 24.3 Å². The molecular formula is C28H46O4. The Morgan fingerprint density at radius 2 is 0.969 bits per heavy atom. The van der Waals surface area contributed by atoms with Gasteiger partial charge in [0.2, 0.25) is 0 Å². The van der Waals surface area contributed by atoms with E-state index in [0.29, 0.717) is 11.1 Å². The van der Waals surface area contributed by atoms with E-state index in [-0.39, 0.29) is 35.0 Å². The molecule has 0 radical (unpaired) electrons. The van der Waals surface area contributed by atoms with E-state index in [1.54, 1.807) is 24.3 Å². The van der Waals surface area contributed by atoms with Gasteiger partial charge in [0.1, 0.15) is 12.2 Å². The third kappa shape index (κ3) is 9.75. The summed E-state index contributed by atoms with van der Waals surface area (Å²) < 4.78 is 11.7. The summed E-state index contributed by atoms with van der Waals surface area (Å²) >= 11 is 0. The largest absolute Gasteiger partial charge is 0.458 e. The topological polar surface area (TPSA) is 52.6 Å². The van der Waals surface area contributed by atoms with Crippen molar-refractivity contribution in [2.24, 2.45) is 10.8 Å². The van der Waals surface area contributed by atoms with Crippen LogP contribution in [0.5, 0.6) is 0 Å². The molecule has 0 amide bonds. The van der Waals surface area contributed by atoms with Crippen LogP contribution in [0.2, 0.25) is 0 Å². The van der Waals surface area contributed by atoms with E-state index in [0.717, 1.165) is 51.4 Å². The van der Waals surface area contributed by atoms with Crippen LogP contribution in [0.1, 0.15) is 127 Å². The van der Waals surface area contributed by atoms with E-state index in [4.69, 9.17) is 9.47 Å². The number of carbonyl (C=O) groups excluding carboxylic acids is 2. The van der Waals surface area contributed by atoms with Gasteiger partial charge in [-0.1, -0.05) is 81.1 Å². The summed E-state index contributed by atoms with van der Waals surface area (Å²) in [6, 6.07) is 6.64. The number of carbonyl (C=O) groups is 2. The van der Waals surface area contributed by atoms with Crippen LogP contribution in [-0.2, 0) is 9.47 Å². The first-order valence-electron chi connectivity index (χ1n) is 12.4. The molecule has 2 unspecified atom stereocenters. The molecule has 182 valence electrons. The highest BCUT2D eigenvalue weighted by Gasteiger charge is 2.30. The number of benzene rings is 1. The highest BCUT2D eigenvalue weighted by molar-refractivity contribution is 5.93. The summed E-state index contributed by atoms with van der Waals surface area (Å²) in [6.07, 6.45) is 8.08. The molecule has 4 heteroatoms. The average Bonchev–Trinajstić information content (AvgIpc) is 2.71. The van der Waals surface area contributed by atoms with Crippen LogP contribution in [0.25, 0.3) is 0 Å². The van der Waals surface area contributed by atoms with Gasteiger partial charge in [-0.15, -0.1) is 0 Å². The molecule has 0 heterocycles. The molecule has 0 aliphatic carbocycles. The second kappa shape index (κ2) is 13.0. The zero-order valence-electron chi connectivity index (χ0n) is 21.8. The second-order valence-electron chi connectivity index (χ2n) is 11.1. The predicted molar refractivity (Wildman–Crippen MR) is 132 cm³/mol. The minimum atomic E-state index is -0.339. The van der Waals surface area contributed by atoms with Crippen LogP contribution < -0.4 is 0 Å². The van der Waals surface area contributed by atoms with Gasteiger partial charge in [0, 0.05) is 0 Å². The van der Waals surface area contributed by atoms with Gasteiger partial charge in [-0.05, 0) is 60.8 Å². The molecule has 0 bridgehead atoms. The fourth-order valence-electron chi connectivity index (χ4n) is 3.63. The Morgan fingerprint density at radius 1 is 0.656 bits per heavy atom. The highest BCUT2D eigenvalue weighted by Crippen LogP contribution is 2.29. The fourth-order valence-corrected chi connectivity index (χ4v) is 3.63. The lowest BCUT2D eigenvalue weighted by Crippen LogP contribution is -2.32. The van der Waals surface area contributed by atoms with Crippen molar-refractivity contribution in [1.82, 2.24) is 0 Å². The highest BCUT2D eigenvalue weighted by atomic mass is 16.5. The molecule has 0 aliphatic heterocycles. The summed E-state index contributed by atoms with van der Waals surface area (Å²) in [6.45, 7) is 16.9. The van der Waals surface area contributed by atoms with Crippen LogP contribution in [0, 0.1) is 10.8 Å². The Labute approximate surface area is 196 Å². The minimum absolute atomic E-state index is 0.118. The third-order valence-corrected chi connectivity index (χ3v) is 5.93. The zero-order chi connectivity index (χ0) is 24.4. The first-order chi connectivity index (χ1) is 14.9. The molecule has 4 nitrogen and oxygen atoms in total. The minimum Gasteiger partial charge on any atom is -0.458 e. The molecular weight excluding hydrogens is 400 g/mol. The number of hydrogen-bond donors (Lipinski definition) is 0. The monoisotopic (exact) mass is 446 g/mol. The number of hydrogen-bond acceptors (Lipinski definition) is 4. The normalized spacial score (nSPS) is 14.0.